The second kappa shape index (κ2) is 7.43. The summed E-state index contributed by atoms with van der Waals surface area (Å²) in [5, 5.41) is 12.4. The van der Waals surface area contributed by atoms with Crippen LogP contribution in [0.2, 0.25) is 5.02 Å². The van der Waals surface area contributed by atoms with Crippen LogP contribution in [-0.4, -0.2) is 41.0 Å². The number of aliphatic carboxylic acids is 1. The van der Waals surface area contributed by atoms with E-state index >= 15 is 0 Å². The zero-order valence-electron chi connectivity index (χ0n) is 11.7. The van der Waals surface area contributed by atoms with Crippen molar-refractivity contribution in [3.63, 3.8) is 0 Å². The predicted octanol–water partition coefficient (Wildman–Crippen LogP) is 2.61. The minimum absolute atomic E-state index is 0.0968. The molecule has 1 aliphatic carbocycles. The molecule has 1 fully saturated rings. The zero-order chi connectivity index (χ0) is 15.2. The Morgan fingerprint density at radius 1 is 1.19 bits per heavy atom. The molecule has 0 aromatic heterocycles. The number of nitrogens with one attached hydrogen (secondary N) is 1. The molecule has 1 saturated carbocycles. The zero-order valence-corrected chi connectivity index (χ0v) is 12.5. The summed E-state index contributed by atoms with van der Waals surface area (Å²) in [7, 11) is 0. The fourth-order valence-electron chi connectivity index (χ4n) is 2.68. The molecule has 1 amide bonds. The fourth-order valence-corrected chi connectivity index (χ4v) is 2.80. The number of anilines is 1. The first-order valence-corrected chi connectivity index (χ1v) is 7.43. The van der Waals surface area contributed by atoms with Crippen molar-refractivity contribution in [1.29, 1.82) is 0 Å². The lowest BCUT2D eigenvalue weighted by molar-refractivity contribution is -0.139. The molecule has 0 radical (unpaired) electrons. The molecule has 0 unspecified atom stereocenters. The summed E-state index contributed by atoms with van der Waals surface area (Å²) in [4.78, 5) is 24.8. The largest absolute Gasteiger partial charge is 0.480 e. The number of hydrogen-bond donors (Lipinski definition) is 2. The van der Waals surface area contributed by atoms with E-state index in [0.29, 0.717) is 10.7 Å². The summed E-state index contributed by atoms with van der Waals surface area (Å²) in [6, 6.07) is 7.03. The van der Waals surface area contributed by atoms with Crippen LogP contribution in [0.25, 0.3) is 0 Å². The monoisotopic (exact) mass is 310 g/mol. The Kier molecular flexibility index (Phi) is 5.59. The summed E-state index contributed by atoms with van der Waals surface area (Å²) < 4.78 is 0. The lowest BCUT2D eigenvalue weighted by atomic mass is 10.2. The maximum Gasteiger partial charge on any atom is 0.317 e. The number of carbonyl (C=O) groups excluding carboxylic acids is 1. The molecule has 0 spiro atoms. The fraction of sp³-hybridized carbons (Fsp3) is 0.467. The maximum atomic E-state index is 12.1. The molecule has 2 N–H and O–H groups in total. The standard InChI is InChI=1S/C15H19ClN2O3/c16-11-5-7-12(8-6-11)17-14(19)9-18(10-15(20)21)13-3-1-2-4-13/h5-8,13H,1-4,9-10H2,(H,17,19)(H,20,21). The SMILES string of the molecule is O=C(O)CN(CC(=O)Nc1ccc(Cl)cc1)C1CCCC1. The smallest absolute Gasteiger partial charge is 0.317 e. The molecule has 1 aromatic rings. The number of amides is 1. The van der Waals surface area contributed by atoms with Gasteiger partial charge in [-0.2, -0.15) is 0 Å². The highest BCUT2D eigenvalue weighted by Gasteiger charge is 2.25. The number of nitrogens with zero attached hydrogens (tertiary/aromatic N) is 1. The van der Waals surface area contributed by atoms with Gasteiger partial charge in [0.15, 0.2) is 0 Å². The highest BCUT2D eigenvalue weighted by molar-refractivity contribution is 6.30. The molecule has 6 heteroatoms. The number of carboxylic acids is 1. The van der Waals surface area contributed by atoms with E-state index in [1.54, 1.807) is 29.2 Å². The molecular formula is C15H19ClN2O3. The van der Waals surface area contributed by atoms with Crippen LogP contribution in [0.3, 0.4) is 0 Å². The minimum Gasteiger partial charge on any atom is -0.480 e. The van der Waals surface area contributed by atoms with Gasteiger partial charge in [0.05, 0.1) is 13.1 Å². The van der Waals surface area contributed by atoms with Crippen molar-refractivity contribution in [3.8, 4) is 0 Å². The van der Waals surface area contributed by atoms with Gasteiger partial charge in [-0.05, 0) is 37.1 Å². The number of benzene rings is 1. The Bertz CT molecular complexity index is 498. The van der Waals surface area contributed by atoms with Gasteiger partial charge in [-0.25, -0.2) is 0 Å². The van der Waals surface area contributed by atoms with E-state index in [0.717, 1.165) is 25.7 Å². The van der Waals surface area contributed by atoms with Gasteiger partial charge in [0.25, 0.3) is 0 Å². The molecule has 2 rings (SSSR count). The molecule has 114 valence electrons. The number of carboxylic acid groups (broad SMARTS) is 1. The first-order valence-electron chi connectivity index (χ1n) is 7.06. The molecule has 1 aliphatic rings. The Labute approximate surface area is 128 Å². The molecule has 0 aliphatic heterocycles. The molecule has 0 atom stereocenters. The minimum atomic E-state index is -0.902. The van der Waals surface area contributed by atoms with Gasteiger partial charge < -0.3 is 10.4 Å². The van der Waals surface area contributed by atoms with Crippen LogP contribution >= 0.6 is 11.6 Å². The van der Waals surface area contributed by atoms with Gasteiger partial charge in [-0.1, -0.05) is 24.4 Å². The average Bonchev–Trinajstić information content (AvgIpc) is 2.94. The molecule has 0 saturated heterocycles. The molecular weight excluding hydrogens is 292 g/mol. The van der Waals surface area contributed by atoms with Crippen LogP contribution in [0, 0.1) is 0 Å². The van der Waals surface area contributed by atoms with Crippen molar-refractivity contribution >= 4 is 29.2 Å². The summed E-state index contributed by atoms with van der Waals surface area (Å²) in [5.41, 5.74) is 0.658. The second-order valence-corrected chi connectivity index (χ2v) is 5.73. The normalized spacial score (nSPS) is 15.3. The molecule has 5 nitrogen and oxygen atoms in total. The number of hydrogen-bond acceptors (Lipinski definition) is 3. The van der Waals surface area contributed by atoms with Gasteiger partial charge >= 0.3 is 5.97 Å². The van der Waals surface area contributed by atoms with Crippen molar-refractivity contribution in [3.05, 3.63) is 29.3 Å². The van der Waals surface area contributed by atoms with Crippen LogP contribution in [0.1, 0.15) is 25.7 Å². The van der Waals surface area contributed by atoms with Crippen molar-refractivity contribution in [2.75, 3.05) is 18.4 Å². The molecule has 0 bridgehead atoms. The topological polar surface area (TPSA) is 69.6 Å². The van der Waals surface area contributed by atoms with E-state index in [9.17, 15) is 9.59 Å². The van der Waals surface area contributed by atoms with E-state index < -0.39 is 5.97 Å². The van der Waals surface area contributed by atoms with Crippen LogP contribution < -0.4 is 5.32 Å². The van der Waals surface area contributed by atoms with Crippen LogP contribution in [0.5, 0.6) is 0 Å². The van der Waals surface area contributed by atoms with E-state index in [1.807, 2.05) is 0 Å². The van der Waals surface area contributed by atoms with Crippen molar-refractivity contribution < 1.29 is 14.7 Å². The van der Waals surface area contributed by atoms with E-state index in [-0.39, 0.29) is 25.0 Å². The Morgan fingerprint density at radius 2 is 1.81 bits per heavy atom. The number of rotatable bonds is 6. The third kappa shape index (κ3) is 5.02. The molecule has 0 heterocycles. The highest BCUT2D eigenvalue weighted by atomic mass is 35.5. The van der Waals surface area contributed by atoms with E-state index in [1.165, 1.54) is 0 Å². The van der Waals surface area contributed by atoms with Crippen molar-refractivity contribution in [2.24, 2.45) is 0 Å². The lowest BCUT2D eigenvalue weighted by Gasteiger charge is -2.26. The molecule has 21 heavy (non-hydrogen) atoms. The quantitative estimate of drug-likeness (QED) is 0.847. The lowest BCUT2D eigenvalue weighted by Crippen LogP contribution is -2.42. The average molecular weight is 311 g/mol. The van der Waals surface area contributed by atoms with E-state index in [2.05, 4.69) is 5.32 Å². The van der Waals surface area contributed by atoms with Gasteiger partial charge in [-0.15, -0.1) is 0 Å². The number of carbonyl (C=O) groups is 2. The Morgan fingerprint density at radius 3 is 2.38 bits per heavy atom. The van der Waals surface area contributed by atoms with Gasteiger partial charge in [0.2, 0.25) is 5.91 Å². The predicted molar refractivity (Wildman–Crippen MR) is 81.5 cm³/mol. The Hall–Kier alpha value is -1.59. The molecule has 1 aromatic carbocycles. The summed E-state index contributed by atoms with van der Waals surface area (Å²) >= 11 is 5.79. The van der Waals surface area contributed by atoms with Crippen LogP contribution in [0.4, 0.5) is 5.69 Å². The van der Waals surface area contributed by atoms with Gasteiger partial charge in [0.1, 0.15) is 0 Å². The van der Waals surface area contributed by atoms with Crippen molar-refractivity contribution in [2.45, 2.75) is 31.7 Å². The third-order valence-corrected chi connectivity index (χ3v) is 3.91. The van der Waals surface area contributed by atoms with E-state index in [4.69, 9.17) is 16.7 Å². The maximum absolute atomic E-state index is 12.1. The first kappa shape index (κ1) is 15.8. The summed E-state index contributed by atoms with van der Waals surface area (Å²) in [5.74, 6) is -1.10. The Balaban J connectivity index is 1.93. The van der Waals surface area contributed by atoms with Crippen LogP contribution in [0.15, 0.2) is 24.3 Å². The highest BCUT2D eigenvalue weighted by Crippen LogP contribution is 2.23. The number of halogens is 1. The first-order chi connectivity index (χ1) is 10.0. The van der Waals surface area contributed by atoms with Crippen LogP contribution in [-0.2, 0) is 9.59 Å². The third-order valence-electron chi connectivity index (χ3n) is 3.65. The summed E-state index contributed by atoms with van der Waals surface area (Å²) in [6.45, 7) is -0.00169. The van der Waals surface area contributed by atoms with Gasteiger partial charge in [-0.3, -0.25) is 14.5 Å². The summed E-state index contributed by atoms with van der Waals surface area (Å²) in [6.07, 6.45) is 4.11. The van der Waals surface area contributed by atoms with Crippen molar-refractivity contribution in [1.82, 2.24) is 4.90 Å². The second-order valence-electron chi connectivity index (χ2n) is 5.29. The van der Waals surface area contributed by atoms with Gasteiger partial charge in [0, 0.05) is 16.8 Å².